The number of nitrogens with two attached hydrogens (primary N) is 1. The van der Waals surface area contributed by atoms with E-state index in [4.69, 9.17) is 10.5 Å². The van der Waals surface area contributed by atoms with Crippen molar-refractivity contribution >= 4 is 10.0 Å². The average Bonchev–Trinajstić information content (AvgIpc) is 2.92. The van der Waals surface area contributed by atoms with Gasteiger partial charge in [-0.2, -0.15) is 0 Å². The van der Waals surface area contributed by atoms with Crippen LogP contribution < -0.4 is 10.5 Å². The molecule has 8 heteroatoms. The summed E-state index contributed by atoms with van der Waals surface area (Å²) in [5.74, 6) is 0.279. The van der Waals surface area contributed by atoms with Gasteiger partial charge in [0.15, 0.2) is 5.03 Å². The molecule has 3 rings (SSSR count). The maximum Gasteiger partial charge on any atom is 0.259 e. The molecule has 1 aromatic heterocycles. The Labute approximate surface area is 105 Å². The van der Waals surface area contributed by atoms with Gasteiger partial charge < -0.3 is 15.0 Å². The van der Waals surface area contributed by atoms with E-state index in [9.17, 15) is 8.42 Å². The van der Waals surface area contributed by atoms with E-state index >= 15 is 0 Å². The molecular formula is C10H16N4O3S. The number of ether oxygens (including phenoxy) is 1. The van der Waals surface area contributed by atoms with Crippen molar-refractivity contribution < 1.29 is 13.2 Å². The summed E-state index contributed by atoms with van der Waals surface area (Å²) in [5.41, 5.74) is 5.97. The fraction of sp³-hybridized carbons (Fsp3) is 0.700. The monoisotopic (exact) mass is 272 g/mol. The third-order valence-electron chi connectivity index (χ3n) is 3.69. The topological polar surface area (TPSA) is 99.2 Å². The molecule has 1 aliphatic heterocycles. The van der Waals surface area contributed by atoms with E-state index < -0.39 is 10.0 Å². The number of aryl methyl sites for hydroxylation is 1. The summed E-state index contributed by atoms with van der Waals surface area (Å²) in [6, 6.07) is -0.513. The molecule has 0 spiro atoms. The van der Waals surface area contributed by atoms with E-state index in [-0.39, 0.29) is 29.1 Å². The maximum atomic E-state index is 12.1. The van der Waals surface area contributed by atoms with Gasteiger partial charge in [-0.1, -0.05) is 0 Å². The number of rotatable bonds is 3. The largest absolute Gasteiger partial charge is 0.376 e. The first-order chi connectivity index (χ1) is 8.49. The summed E-state index contributed by atoms with van der Waals surface area (Å²) in [4.78, 5) is 3.84. The summed E-state index contributed by atoms with van der Waals surface area (Å²) >= 11 is 0. The fourth-order valence-electron chi connectivity index (χ4n) is 2.66. The highest BCUT2D eigenvalue weighted by Crippen LogP contribution is 2.38. The Morgan fingerprint density at radius 1 is 1.61 bits per heavy atom. The summed E-state index contributed by atoms with van der Waals surface area (Å²) < 4.78 is 33.8. The molecule has 0 amide bonds. The van der Waals surface area contributed by atoms with Gasteiger partial charge in [-0.05, 0) is 6.42 Å². The lowest BCUT2D eigenvalue weighted by molar-refractivity contribution is -0.00926. The minimum absolute atomic E-state index is 0.0126. The fourth-order valence-corrected chi connectivity index (χ4v) is 3.92. The van der Waals surface area contributed by atoms with E-state index in [0.717, 1.165) is 6.42 Å². The molecule has 1 saturated heterocycles. The predicted molar refractivity (Wildman–Crippen MR) is 63.1 cm³/mol. The zero-order valence-electron chi connectivity index (χ0n) is 9.98. The summed E-state index contributed by atoms with van der Waals surface area (Å²) in [6.07, 6.45) is 3.73. The minimum atomic E-state index is -3.61. The van der Waals surface area contributed by atoms with Crippen molar-refractivity contribution in [2.75, 3.05) is 6.61 Å². The lowest BCUT2D eigenvalue weighted by Gasteiger charge is -2.45. The number of fused-ring (bicyclic) bond motifs is 1. The van der Waals surface area contributed by atoms with Crippen LogP contribution in [0, 0.1) is 5.92 Å². The number of imidazole rings is 1. The van der Waals surface area contributed by atoms with E-state index in [0.29, 0.717) is 6.61 Å². The number of nitrogens with one attached hydrogen (secondary N) is 1. The highest BCUT2D eigenvalue weighted by atomic mass is 32.2. The molecule has 100 valence electrons. The first-order valence-corrected chi connectivity index (χ1v) is 7.35. The van der Waals surface area contributed by atoms with Crippen molar-refractivity contribution in [1.29, 1.82) is 0 Å². The van der Waals surface area contributed by atoms with E-state index in [1.54, 1.807) is 11.6 Å². The van der Waals surface area contributed by atoms with Crippen LogP contribution in [0.3, 0.4) is 0 Å². The number of hydrogen-bond donors (Lipinski definition) is 2. The molecule has 1 saturated carbocycles. The summed E-state index contributed by atoms with van der Waals surface area (Å²) in [6.45, 7) is 0.658. The van der Waals surface area contributed by atoms with Crippen LogP contribution in [-0.2, 0) is 21.8 Å². The standard InChI is InChI=1S/C10H16N4O3S/c1-14-4-7(12-5-14)18(15,16)13-9-8(11)6-2-3-17-10(6)9/h4-6,8-10,13H,2-3,11H2,1H3. The molecule has 0 radical (unpaired) electrons. The van der Waals surface area contributed by atoms with Crippen LogP contribution in [0.15, 0.2) is 17.6 Å². The van der Waals surface area contributed by atoms with Gasteiger partial charge in [0.05, 0.1) is 18.5 Å². The molecule has 4 unspecified atom stereocenters. The van der Waals surface area contributed by atoms with Gasteiger partial charge in [0.25, 0.3) is 10.0 Å². The first-order valence-electron chi connectivity index (χ1n) is 5.86. The minimum Gasteiger partial charge on any atom is -0.376 e. The average molecular weight is 272 g/mol. The van der Waals surface area contributed by atoms with E-state index in [1.165, 1.54) is 12.5 Å². The second-order valence-electron chi connectivity index (χ2n) is 4.89. The van der Waals surface area contributed by atoms with Gasteiger partial charge >= 0.3 is 0 Å². The zero-order chi connectivity index (χ0) is 12.9. The molecule has 18 heavy (non-hydrogen) atoms. The molecule has 2 fully saturated rings. The second kappa shape index (κ2) is 4.02. The van der Waals surface area contributed by atoms with Gasteiger partial charge in [-0.25, -0.2) is 18.1 Å². The predicted octanol–water partition coefficient (Wildman–Crippen LogP) is -1.19. The van der Waals surface area contributed by atoms with Crippen molar-refractivity contribution in [3.05, 3.63) is 12.5 Å². The first kappa shape index (κ1) is 12.1. The van der Waals surface area contributed by atoms with Crippen LogP contribution in [0.1, 0.15) is 6.42 Å². The second-order valence-corrected chi connectivity index (χ2v) is 6.55. The lowest BCUT2D eigenvalue weighted by Crippen LogP contribution is -2.68. The van der Waals surface area contributed by atoms with E-state index in [1.807, 2.05) is 0 Å². The smallest absolute Gasteiger partial charge is 0.259 e. The highest BCUT2D eigenvalue weighted by molar-refractivity contribution is 7.89. The Balaban J connectivity index is 1.77. The molecule has 0 bridgehead atoms. The van der Waals surface area contributed by atoms with Crippen LogP contribution >= 0.6 is 0 Å². The number of sulfonamides is 1. The van der Waals surface area contributed by atoms with Crippen LogP contribution in [0.25, 0.3) is 0 Å². The third kappa shape index (κ3) is 1.76. The SMILES string of the molecule is Cn1cnc(S(=O)(=O)NC2C(N)C3CCOC32)c1. The highest BCUT2D eigenvalue weighted by Gasteiger charge is 2.53. The zero-order valence-corrected chi connectivity index (χ0v) is 10.8. The van der Waals surface area contributed by atoms with Crippen molar-refractivity contribution in [3.63, 3.8) is 0 Å². The molecule has 3 N–H and O–H groups in total. The Kier molecular flexibility index (Phi) is 2.70. The van der Waals surface area contributed by atoms with Crippen molar-refractivity contribution in [2.45, 2.75) is 29.6 Å². The van der Waals surface area contributed by atoms with Crippen LogP contribution in [0.5, 0.6) is 0 Å². The van der Waals surface area contributed by atoms with Crippen molar-refractivity contribution in [2.24, 2.45) is 18.7 Å². The molecule has 1 aliphatic carbocycles. The molecule has 4 atom stereocenters. The summed E-state index contributed by atoms with van der Waals surface area (Å²) in [5, 5.41) is 0.0126. The molecule has 7 nitrogen and oxygen atoms in total. The van der Waals surface area contributed by atoms with Gasteiger partial charge in [0, 0.05) is 31.8 Å². The van der Waals surface area contributed by atoms with Gasteiger partial charge in [0.1, 0.15) is 0 Å². The van der Waals surface area contributed by atoms with Crippen LogP contribution in [0.2, 0.25) is 0 Å². The molecule has 2 aliphatic rings. The normalized spacial score (nSPS) is 35.2. The van der Waals surface area contributed by atoms with E-state index in [2.05, 4.69) is 9.71 Å². The van der Waals surface area contributed by atoms with Gasteiger partial charge in [0.2, 0.25) is 0 Å². The Morgan fingerprint density at radius 2 is 2.39 bits per heavy atom. The Bertz CT molecular complexity index is 555. The number of hydrogen-bond acceptors (Lipinski definition) is 5. The van der Waals surface area contributed by atoms with Crippen molar-refractivity contribution in [1.82, 2.24) is 14.3 Å². The number of nitrogens with zero attached hydrogens (tertiary/aromatic N) is 2. The molecular weight excluding hydrogens is 256 g/mol. The van der Waals surface area contributed by atoms with Crippen molar-refractivity contribution in [3.8, 4) is 0 Å². The Morgan fingerprint density at radius 3 is 3.06 bits per heavy atom. The third-order valence-corrected chi connectivity index (χ3v) is 5.04. The van der Waals surface area contributed by atoms with Crippen LogP contribution in [-0.4, -0.2) is 42.8 Å². The molecule has 1 aromatic rings. The maximum absolute atomic E-state index is 12.1. The quantitative estimate of drug-likeness (QED) is 0.721. The molecule has 2 heterocycles. The molecule has 0 aromatic carbocycles. The lowest BCUT2D eigenvalue weighted by atomic mass is 9.73. The Hall–Kier alpha value is -0.960. The van der Waals surface area contributed by atoms with Gasteiger partial charge in [-0.3, -0.25) is 0 Å². The summed E-state index contributed by atoms with van der Waals surface area (Å²) in [7, 11) is -1.89. The van der Waals surface area contributed by atoms with Gasteiger partial charge in [-0.15, -0.1) is 0 Å². The number of aromatic nitrogens is 2. The van der Waals surface area contributed by atoms with Crippen LogP contribution in [0.4, 0.5) is 0 Å².